The van der Waals surface area contributed by atoms with Crippen LogP contribution in [0.2, 0.25) is 0 Å². The van der Waals surface area contributed by atoms with E-state index in [0.717, 1.165) is 11.1 Å². The van der Waals surface area contributed by atoms with Crippen LogP contribution in [0.25, 0.3) is 0 Å². The van der Waals surface area contributed by atoms with Gasteiger partial charge in [0.2, 0.25) is 0 Å². The standard InChI is InChI=1S/C22H21F3Si/c1-16-13-14-18(22(23,24)25)15-21(16)17(2)26(19-9-5-3-6-10-19)20-11-7-4-8-12-20/h3-15,17,26H,1-2H3. The van der Waals surface area contributed by atoms with Gasteiger partial charge in [-0.15, -0.1) is 0 Å². The second-order valence-electron chi connectivity index (χ2n) is 6.66. The van der Waals surface area contributed by atoms with Crippen LogP contribution in [-0.4, -0.2) is 8.80 Å². The molecule has 4 heteroatoms. The minimum atomic E-state index is -4.32. The fraction of sp³-hybridized carbons (Fsp3) is 0.182. The number of hydrogen-bond acceptors (Lipinski definition) is 0. The molecule has 3 aromatic carbocycles. The first kappa shape index (κ1) is 18.5. The highest BCUT2D eigenvalue weighted by Gasteiger charge is 2.32. The zero-order valence-electron chi connectivity index (χ0n) is 14.8. The summed E-state index contributed by atoms with van der Waals surface area (Å²) in [5.74, 6) is 0. The molecule has 134 valence electrons. The molecule has 0 N–H and O–H groups in total. The Morgan fingerprint density at radius 3 is 1.73 bits per heavy atom. The van der Waals surface area contributed by atoms with Crippen molar-refractivity contribution in [2.45, 2.75) is 25.6 Å². The Morgan fingerprint density at radius 2 is 1.27 bits per heavy atom. The van der Waals surface area contributed by atoms with Crippen LogP contribution in [0.4, 0.5) is 13.2 Å². The van der Waals surface area contributed by atoms with Gasteiger partial charge in [-0.25, -0.2) is 0 Å². The Bertz CT molecular complexity index is 818. The fourth-order valence-corrected chi connectivity index (χ4v) is 7.11. The average molecular weight is 370 g/mol. The van der Waals surface area contributed by atoms with Gasteiger partial charge in [0.1, 0.15) is 8.80 Å². The van der Waals surface area contributed by atoms with Gasteiger partial charge in [0.25, 0.3) is 0 Å². The van der Waals surface area contributed by atoms with Crippen LogP contribution in [0.3, 0.4) is 0 Å². The Hall–Kier alpha value is -2.33. The van der Waals surface area contributed by atoms with E-state index in [-0.39, 0.29) is 5.54 Å². The van der Waals surface area contributed by atoms with E-state index in [2.05, 4.69) is 31.2 Å². The van der Waals surface area contributed by atoms with E-state index in [9.17, 15) is 13.2 Å². The van der Waals surface area contributed by atoms with Gasteiger partial charge in [-0.1, -0.05) is 84.0 Å². The van der Waals surface area contributed by atoms with E-state index < -0.39 is 20.5 Å². The molecule has 3 rings (SSSR count). The van der Waals surface area contributed by atoms with Gasteiger partial charge in [0.05, 0.1) is 5.56 Å². The summed E-state index contributed by atoms with van der Waals surface area (Å²) in [6, 6.07) is 24.5. The van der Waals surface area contributed by atoms with Gasteiger partial charge in [0, 0.05) is 0 Å². The molecule has 1 atom stereocenters. The predicted molar refractivity (Wildman–Crippen MR) is 104 cm³/mol. The van der Waals surface area contributed by atoms with Crippen LogP contribution in [0.1, 0.15) is 29.2 Å². The van der Waals surface area contributed by atoms with E-state index in [4.69, 9.17) is 0 Å². The molecule has 0 aliphatic heterocycles. The molecular formula is C22H21F3Si. The summed E-state index contributed by atoms with van der Waals surface area (Å²) in [5.41, 5.74) is 1.18. The van der Waals surface area contributed by atoms with Crippen molar-refractivity contribution >= 4 is 19.2 Å². The summed E-state index contributed by atoms with van der Waals surface area (Å²) in [6.45, 7) is 3.97. The van der Waals surface area contributed by atoms with Crippen molar-refractivity contribution < 1.29 is 13.2 Å². The first-order chi connectivity index (χ1) is 12.4. The third-order valence-electron chi connectivity index (χ3n) is 4.91. The van der Waals surface area contributed by atoms with Crippen molar-refractivity contribution in [3.05, 3.63) is 95.6 Å². The molecular weight excluding hydrogens is 349 g/mol. The number of halogens is 3. The highest BCUT2D eigenvalue weighted by Crippen LogP contribution is 2.33. The van der Waals surface area contributed by atoms with Gasteiger partial charge in [-0.05, 0) is 35.7 Å². The van der Waals surface area contributed by atoms with E-state index >= 15 is 0 Å². The molecule has 0 aliphatic rings. The van der Waals surface area contributed by atoms with Crippen LogP contribution < -0.4 is 10.4 Å². The van der Waals surface area contributed by atoms with Crippen molar-refractivity contribution in [3.63, 3.8) is 0 Å². The van der Waals surface area contributed by atoms with E-state index in [1.54, 1.807) is 6.07 Å². The molecule has 0 aromatic heterocycles. The lowest BCUT2D eigenvalue weighted by Gasteiger charge is -2.26. The van der Waals surface area contributed by atoms with Crippen molar-refractivity contribution in [2.75, 3.05) is 0 Å². The number of aryl methyl sites for hydroxylation is 1. The third-order valence-corrected chi connectivity index (χ3v) is 8.48. The maximum atomic E-state index is 13.2. The minimum Gasteiger partial charge on any atom is -0.166 e. The Labute approximate surface area is 153 Å². The Morgan fingerprint density at radius 1 is 0.769 bits per heavy atom. The van der Waals surface area contributed by atoms with Gasteiger partial charge in [0.15, 0.2) is 0 Å². The van der Waals surface area contributed by atoms with E-state index in [1.165, 1.54) is 22.5 Å². The quantitative estimate of drug-likeness (QED) is 0.584. The lowest BCUT2D eigenvalue weighted by Crippen LogP contribution is -2.46. The molecule has 0 bridgehead atoms. The van der Waals surface area contributed by atoms with E-state index in [1.807, 2.05) is 43.3 Å². The molecule has 0 spiro atoms. The van der Waals surface area contributed by atoms with Crippen LogP contribution in [0, 0.1) is 6.92 Å². The molecule has 26 heavy (non-hydrogen) atoms. The summed E-state index contributed by atoms with van der Waals surface area (Å²) >= 11 is 0. The Balaban J connectivity index is 2.11. The summed E-state index contributed by atoms with van der Waals surface area (Å²) in [5, 5.41) is 2.48. The van der Waals surface area contributed by atoms with Crippen molar-refractivity contribution in [1.82, 2.24) is 0 Å². The zero-order chi connectivity index (χ0) is 18.7. The second kappa shape index (κ2) is 7.50. The summed E-state index contributed by atoms with van der Waals surface area (Å²) in [6.07, 6.45) is -4.32. The minimum absolute atomic E-state index is 0.0436. The van der Waals surface area contributed by atoms with Crippen molar-refractivity contribution in [3.8, 4) is 0 Å². The Kier molecular flexibility index (Phi) is 5.32. The van der Waals surface area contributed by atoms with Gasteiger partial charge < -0.3 is 0 Å². The van der Waals surface area contributed by atoms with Crippen molar-refractivity contribution in [1.29, 1.82) is 0 Å². The van der Waals surface area contributed by atoms with Gasteiger partial charge >= 0.3 is 6.18 Å². The van der Waals surface area contributed by atoms with Crippen LogP contribution in [0.5, 0.6) is 0 Å². The van der Waals surface area contributed by atoms with E-state index in [0.29, 0.717) is 0 Å². The SMILES string of the molecule is Cc1ccc(C(F)(F)F)cc1C(C)[SiH](c1ccccc1)c1ccccc1. The molecule has 0 saturated carbocycles. The van der Waals surface area contributed by atoms with Crippen LogP contribution in [0.15, 0.2) is 78.9 Å². The highest BCUT2D eigenvalue weighted by atomic mass is 28.3. The number of benzene rings is 3. The van der Waals surface area contributed by atoms with Crippen LogP contribution >= 0.6 is 0 Å². The highest BCUT2D eigenvalue weighted by molar-refractivity contribution is 6.86. The lowest BCUT2D eigenvalue weighted by molar-refractivity contribution is -0.137. The molecule has 0 fully saturated rings. The summed E-state index contributed by atoms with van der Waals surface area (Å²) < 4.78 is 39.7. The summed E-state index contributed by atoms with van der Waals surface area (Å²) in [4.78, 5) is 0. The topological polar surface area (TPSA) is 0 Å². The summed E-state index contributed by atoms with van der Waals surface area (Å²) in [7, 11) is -1.74. The molecule has 0 amide bonds. The smallest absolute Gasteiger partial charge is 0.166 e. The monoisotopic (exact) mass is 370 g/mol. The number of alkyl halides is 3. The first-order valence-electron chi connectivity index (χ1n) is 8.65. The first-order valence-corrected chi connectivity index (χ1v) is 10.5. The zero-order valence-corrected chi connectivity index (χ0v) is 15.9. The number of hydrogen-bond donors (Lipinski definition) is 0. The van der Waals surface area contributed by atoms with Crippen LogP contribution in [-0.2, 0) is 6.18 Å². The fourth-order valence-electron chi connectivity index (χ4n) is 3.58. The normalized spacial score (nSPS) is 13.0. The molecule has 0 heterocycles. The maximum Gasteiger partial charge on any atom is 0.416 e. The lowest BCUT2D eigenvalue weighted by atomic mass is 10.0. The van der Waals surface area contributed by atoms with Crippen molar-refractivity contribution in [2.24, 2.45) is 0 Å². The predicted octanol–water partition coefficient (Wildman–Crippen LogP) is 4.70. The maximum absolute atomic E-state index is 13.2. The molecule has 0 radical (unpaired) electrons. The average Bonchev–Trinajstić information content (AvgIpc) is 2.63. The van der Waals surface area contributed by atoms with Gasteiger partial charge in [-0.2, -0.15) is 13.2 Å². The molecule has 1 unspecified atom stereocenters. The second-order valence-corrected chi connectivity index (χ2v) is 9.95. The number of rotatable bonds is 4. The molecule has 0 saturated heterocycles. The molecule has 0 aliphatic carbocycles. The molecule has 0 nitrogen and oxygen atoms in total. The third kappa shape index (κ3) is 3.91. The van der Waals surface area contributed by atoms with Gasteiger partial charge in [-0.3, -0.25) is 0 Å². The largest absolute Gasteiger partial charge is 0.416 e. The molecule has 3 aromatic rings.